The summed E-state index contributed by atoms with van der Waals surface area (Å²) in [5.41, 5.74) is 0.990. The molecule has 0 N–H and O–H groups in total. The Bertz CT molecular complexity index is 580. The first-order chi connectivity index (χ1) is 10.2. The molecule has 1 unspecified atom stereocenters. The number of amides is 1. The molecular weight excluding hydrogens is 268 g/mol. The first-order valence-corrected chi connectivity index (χ1v) is 6.99. The first-order valence-electron chi connectivity index (χ1n) is 6.99. The first kappa shape index (κ1) is 15.1. The largest absolute Gasteiger partial charge is 0.468 e. The molecule has 0 bridgehead atoms. The molecule has 0 spiro atoms. The van der Waals surface area contributed by atoms with Gasteiger partial charge in [-0.15, -0.1) is 0 Å². The number of hydrogen-bond donors (Lipinski definition) is 0. The van der Waals surface area contributed by atoms with Gasteiger partial charge in [0, 0.05) is 31.0 Å². The fourth-order valence-electron chi connectivity index (χ4n) is 2.02. The van der Waals surface area contributed by atoms with E-state index in [9.17, 15) is 4.79 Å². The fraction of sp³-hybridized carbons (Fsp3) is 0.375. The van der Waals surface area contributed by atoms with Gasteiger partial charge in [-0.3, -0.25) is 9.78 Å². The van der Waals surface area contributed by atoms with Gasteiger partial charge in [-0.2, -0.15) is 0 Å². The van der Waals surface area contributed by atoms with Crippen LogP contribution in [0, 0.1) is 0 Å². The van der Waals surface area contributed by atoms with Crippen LogP contribution in [0.1, 0.15) is 36.4 Å². The number of pyridine rings is 1. The van der Waals surface area contributed by atoms with Crippen molar-refractivity contribution in [3.05, 3.63) is 48.0 Å². The maximum absolute atomic E-state index is 12.6. The lowest BCUT2D eigenvalue weighted by atomic mass is 10.1. The number of rotatable bonds is 6. The van der Waals surface area contributed by atoms with Crippen molar-refractivity contribution in [2.75, 3.05) is 7.11 Å². The summed E-state index contributed by atoms with van der Waals surface area (Å²) >= 11 is 0. The molecule has 21 heavy (non-hydrogen) atoms. The number of carbonyl (C=O) groups is 1. The maximum atomic E-state index is 12.6. The molecule has 2 rings (SSSR count). The highest BCUT2D eigenvalue weighted by molar-refractivity contribution is 5.91. The Hall–Kier alpha value is -2.30. The Morgan fingerprint density at radius 2 is 2.24 bits per heavy atom. The number of hydrogen-bond acceptors (Lipinski definition) is 4. The highest BCUT2D eigenvalue weighted by atomic mass is 16.6. The van der Waals surface area contributed by atoms with Gasteiger partial charge in [0.25, 0.3) is 11.9 Å². The van der Waals surface area contributed by atoms with E-state index >= 15 is 0 Å². The van der Waals surface area contributed by atoms with Crippen LogP contribution in [-0.2, 0) is 6.54 Å². The minimum Gasteiger partial charge on any atom is -0.468 e. The fourth-order valence-corrected chi connectivity index (χ4v) is 2.02. The molecule has 0 aromatic carbocycles. The van der Waals surface area contributed by atoms with Gasteiger partial charge in [-0.1, -0.05) is 13.0 Å². The van der Waals surface area contributed by atoms with E-state index in [-0.39, 0.29) is 17.7 Å². The molecule has 0 aliphatic heterocycles. The number of nitrogens with zero attached hydrogens (tertiary/aromatic N) is 2. The maximum Gasteiger partial charge on any atom is 0.290 e. The number of carbonyl (C=O) groups excluding carboxylic acids is 1. The zero-order valence-electron chi connectivity index (χ0n) is 12.6. The molecule has 0 radical (unpaired) electrons. The molecule has 0 aliphatic rings. The molecule has 5 heteroatoms. The van der Waals surface area contributed by atoms with E-state index in [1.807, 2.05) is 19.1 Å². The monoisotopic (exact) mass is 288 g/mol. The molecule has 0 fully saturated rings. The molecule has 2 aromatic rings. The van der Waals surface area contributed by atoms with Crippen molar-refractivity contribution < 1.29 is 13.9 Å². The highest BCUT2D eigenvalue weighted by Gasteiger charge is 2.23. The summed E-state index contributed by atoms with van der Waals surface area (Å²) in [6, 6.07) is 7.21. The van der Waals surface area contributed by atoms with Crippen LogP contribution in [0.2, 0.25) is 0 Å². The van der Waals surface area contributed by atoms with Gasteiger partial charge in [0.1, 0.15) is 0 Å². The zero-order chi connectivity index (χ0) is 15.2. The Balaban J connectivity index is 2.21. The molecule has 1 amide bonds. The molecule has 0 saturated heterocycles. The summed E-state index contributed by atoms with van der Waals surface area (Å²) < 4.78 is 10.4. The van der Waals surface area contributed by atoms with Crippen molar-refractivity contribution in [1.82, 2.24) is 9.88 Å². The quantitative estimate of drug-likeness (QED) is 0.819. The molecule has 0 saturated carbocycles. The van der Waals surface area contributed by atoms with Crippen molar-refractivity contribution in [2.24, 2.45) is 0 Å². The predicted molar refractivity (Wildman–Crippen MR) is 79.1 cm³/mol. The Morgan fingerprint density at radius 1 is 1.43 bits per heavy atom. The van der Waals surface area contributed by atoms with Crippen LogP contribution in [0.15, 0.2) is 41.1 Å². The minimum absolute atomic E-state index is 0.105. The molecule has 2 heterocycles. The topological polar surface area (TPSA) is 55.6 Å². The van der Waals surface area contributed by atoms with Crippen LogP contribution in [-0.4, -0.2) is 28.9 Å². The summed E-state index contributed by atoms with van der Waals surface area (Å²) in [6.45, 7) is 4.58. The second-order valence-electron chi connectivity index (χ2n) is 4.87. The van der Waals surface area contributed by atoms with Crippen molar-refractivity contribution in [3.63, 3.8) is 0 Å². The van der Waals surface area contributed by atoms with Crippen molar-refractivity contribution in [2.45, 2.75) is 32.9 Å². The predicted octanol–water partition coefficient (Wildman–Crippen LogP) is 3.12. The van der Waals surface area contributed by atoms with Gasteiger partial charge >= 0.3 is 0 Å². The van der Waals surface area contributed by atoms with Gasteiger partial charge in [-0.25, -0.2) is 0 Å². The van der Waals surface area contributed by atoms with Gasteiger partial charge in [0.2, 0.25) is 0 Å². The number of methoxy groups -OCH3 is 1. The van der Waals surface area contributed by atoms with Crippen molar-refractivity contribution in [1.29, 1.82) is 0 Å². The second-order valence-corrected chi connectivity index (χ2v) is 4.87. The van der Waals surface area contributed by atoms with Crippen molar-refractivity contribution >= 4 is 5.91 Å². The van der Waals surface area contributed by atoms with Crippen LogP contribution in [0.4, 0.5) is 0 Å². The standard InChI is InChI=1S/C16H20N2O3/c1-4-12(2)18(11-13-6-5-9-17-10-13)16(19)14-7-8-15(20-3)21-14/h5-10,12H,4,11H2,1-3H3. The number of aromatic nitrogens is 1. The third-order valence-electron chi connectivity index (χ3n) is 3.45. The zero-order valence-corrected chi connectivity index (χ0v) is 12.6. The summed E-state index contributed by atoms with van der Waals surface area (Å²) in [7, 11) is 1.51. The summed E-state index contributed by atoms with van der Waals surface area (Å²) in [5, 5.41) is 0. The van der Waals surface area contributed by atoms with Crippen LogP contribution < -0.4 is 4.74 Å². The molecule has 2 aromatic heterocycles. The van der Waals surface area contributed by atoms with Crippen LogP contribution >= 0.6 is 0 Å². The van der Waals surface area contributed by atoms with E-state index in [1.54, 1.807) is 29.4 Å². The van der Waals surface area contributed by atoms with E-state index < -0.39 is 0 Å². The lowest BCUT2D eigenvalue weighted by Gasteiger charge is -2.27. The third-order valence-corrected chi connectivity index (χ3v) is 3.45. The average molecular weight is 288 g/mol. The molecule has 5 nitrogen and oxygen atoms in total. The minimum atomic E-state index is -0.142. The molecule has 0 aliphatic carbocycles. The molecule has 112 valence electrons. The number of furan rings is 1. The Kier molecular flexibility index (Phi) is 4.98. The normalized spacial score (nSPS) is 12.0. The Labute approximate surface area is 124 Å². The summed E-state index contributed by atoms with van der Waals surface area (Å²) in [6.07, 6.45) is 4.35. The Morgan fingerprint density at radius 3 is 2.81 bits per heavy atom. The lowest BCUT2D eigenvalue weighted by Crippen LogP contribution is -2.37. The van der Waals surface area contributed by atoms with Crippen LogP contribution in [0.5, 0.6) is 5.95 Å². The number of ether oxygens (including phenoxy) is 1. The van der Waals surface area contributed by atoms with E-state index in [4.69, 9.17) is 9.15 Å². The van der Waals surface area contributed by atoms with E-state index in [2.05, 4.69) is 11.9 Å². The van der Waals surface area contributed by atoms with Gasteiger partial charge < -0.3 is 14.1 Å². The summed E-state index contributed by atoms with van der Waals surface area (Å²) in [5.74, 6) is 0.483. The second kappa shape index (κ2) is 6.92. The van der Waals surface area contributed by atoms with E-state index in [1.165, 1.54) is 7.11 Å². The smallest absolute Gasteiger partial charge is 0.290 e. The third kappa shape index (κ3) is 3.62. The van der Waals surface area contributed by atoms with Gasteiger partial charge in [0.05, 0.1) is 7.11 Å². The summed E-state index contributed by atoms with van der Waals surface area (Å²) in [4.78, 5) is 18.5. The van der Waals surface area contributed by atoms with E-state index in [0.29, 0.717) is 12.5 Å². The van der Waals surface area contributed by atoms with Gasteiger partial charge in [-0.05, 0) is 31.0 Å². The average Bonchev–Trinajstić information content (AvgIpc) is 3.01. The lowest BCUT2D eigenvalue weighted by molar-refractivity contribution is 0.0632. The van der Waals surface area contributed by atoms with Crippen LogP contribution in [0.3, 0.4) is 0 Å². The SMILES string of the molecule is CCC(C)N(Cc1cccnc1)C(=O)c1ccc(OC)o1. The molecule has 1 atom stereocenters. The van der Waals surface area contributed by atoms with E-state index in [0.717, 1.165) is 12.0 Å². The van der Waals surface area contributed by atoms with Crippen molar-refractivity contribution in [3.8, 4) is 5.95 Å². The molecular formula is C16H20N2O3. The van der Waals surface area contributed by atoms with Gasteiger partial charge in [0.15, 0.2) is 5.76 Å². The van der Waals surface area contributed by atoms with Crippen LogP contribution in [0.25, 0.3) is 0 Å². The highest BCUT2D eigenvalue weighted by Crippen LogP contribution is 2.20.